The van der Waals surface area contributed by atoms with Crippen molar-refractivity contribution < 1.29 is 14.4 Å². The van der Waals surface area contributed by atoms with Crippen LogP contribution in [0.5, 0.6) is 0 Å². The second-order valence-electron chi connectivity index (χ2n) is 5.93. The summed E-state index contributed by atoms with van der Waals surface area (Å²) in [6.07, 6.45) is 0.386. The Morgan fingerprint density at radius 3 is 1.91 bits per heavy atom. The van der Waals surface area contributed by atoms with E-state index in [1.807, 2.05) is 0 Å². The Kier molecular flexibility index (Phi) is 3.85. The molecule has 1 aromatic heterocycles. The molecule has 0 bridgehead atoms. The number of aromatic nitrogens is 1. The second kappa shape index (κ2) is 5.54. The van der Waals surface area contributed by atoms with Crippen molar-refractivity contribution in [3.63, 3.8) is 0 Å². The number of nitrogens with zero attached hydrogens (tertiary/aromatic N) is 1. The van der Waals surface area contributed by atoms with Crippen LogP contribution in [0.2, 0.25) is 0 Å². The van der Waals surface area contributed by atoms with E-state index < -0.39 is 7.60 Å². The molecule has 3 rings (SSSR count). The van der Waals surface area contributed by atoms with Crippen LogP contribution in [0.1, 0.15) is 17.5 Å². The van der Waals surface area contributed by atoms with E-state index in [-0.39, 0.29) is 6.16 Å². The first-order chi connectivity index (χ1) is 10.3. The number of hydrogen-bond donors (Lipinski definition) is 2. The maximum atomic E-state index is 11.1. The maximum absolute atomic E-state index is 11.1. The van der Waals surface area contributed by atoms with Crippen molar-refractivity contribution in [3.8, 4) is 0 Å². The molecular formula is C17H20NO3P. The molecular weight excluding hydrogens is 297 g/mol. The van der Waals surface area contributed by atoms with Crippen LogP contribution in [0.4, 0.5) is 0 Å². The molecule has 0 aliphatic rings. The average Bonchev–Trinajstić information content (AvgIpc) is 2.70. The number of hydrogen-bond acceptors (Lipinski definition) is 1. The summed E-state index contributed by atoms with van der Waals surface area (Å²) < 4.78 is 13.3. The van der Waals surface area contributed by atoms with Gasteiger partial charge in [0.2, 0.25) is 0 Å². The third-order valence-electron chi connectivity index (χ3n) is 4.01. The van der Waals surface area contributed by atoms with Gasteiger partial charge in [-0.3, -0.25) is 4.57 Å². The van der Waals surface area contributed by atoms with Crippen molar-refractivity contribution >= 4 is 29.4 Å². The fraction of sp³-hybridized carbons (Fsp3) is 0.294. The van der Waals surface area contributed by atoms with Gasteiger partial charge in [0, 0.05) is 28.4 Å². The quantitative estimate of drug-likeness (QED) is 0.716. The Morgan fingerprint density at radius 1 is 0.955 bits per heavy atom. The van der Waals surface area contributed by atoms with E-state index in [1.54, 1.807) is 0 Å². The highest BCUT2D eigenvalue weighted by atomic mass is 31.2. The first-order valence-corrected chi connectivity index (χ1v) is 9.19. The van der Waals surface area contributed by atoms with Crippen LogP contribution < -0.4 is 0 Å². The second-order valence-corrected chi connectivity index (χ2v) is 7.71. The van der Waals surface area contributed by atoms with Crippen molar-refractivity contribution in [2.75, 3.05) is 6.16 Å². The first kappa shape index (κ1) is 15.3. The number of aryl methyl sites for hydroxylation is 3. The van der Waals surface area contributed by atoms with E-state index >= 15 is 0 Å². The summed E-state index contributed by atoms with van der Waals surface area (Å²) in [5, 5.41) is 2.38. The Balaban J connectivity index is 2.13. The van der Waals surface area contributed by atoms with Crippen molar-refractivity contribution in [3.05, 3.63) is 47.5 Å². The SMILES string of the molecule is Cc1ccc2c3ccc(C)cc3n(CCCP(=O)(O)O)c2c1. The molecule has 0 aliphatic heterocycles. The van der Waals surface area contributed by atoms with Crippen molar-refractivity contribution in [1.29, 1.82) is 0 Å². The number of benzene rings is 2. The van der Waals surface area contributed by atoms with Crippen molar-refractivity contribution in [2.45, 2.75) is 26.8 Å². The van der Waals surface area contributed by atoms with Crippen LogP contribution in [0, 0.1) is 13.8 Å². The van der Waals surface area contributed by atoms with E-state index in [1.165, 1.54) is 21.9 Å². The highest BCUT2D eigenvalue weighted by molar-refractivity contribution is 7.51. The van der Waals surface area contributed by atoms with Crippen LogP contribution in [0.3, 0.4) is 0 Å². The number of fused-ring (bicyclic) bond motifs is 3. The lowest BCUT2D eigenvalue weighted by Gasteiger charge is -2.09. The molecule has 2 aromatic carbocycles. The Morgan fingerprint density at radius 2 is 1.45 bits per heavy atom. The van der Waals surface area contributed by atoms with Gasteiger partial charge in [0.15, 0.2) is 0 Å². The zero-order valence-corrected chi connectivity index (χ0v) is 13.7. The van der Waals surface area contributed by atoms with Gasteiger partial charge in [0.05, 0.1) is 6.16 Å². The van der Waals surface area contributed by atoms with E-state index in [9.17, 15) is 4.57 Å². The molecule has 0 unspecified atom stereocenters. The van der Waals surface area contributed by atoms with Gasteiger partial charge in [-0.2, -0.15) is 0 Å². The molecule has 22 heavy (non-hydrogen) atoms. The minimum absolute atomic E-state index is 0.0776. The summed E-state index contributed by atoms with van der Waals surface area (Å²) >= 11 is 0. The zero-order valence-electron chi connectivity index (χ0n) is 12.8. The topological polar surface area (TPSA) is 62.5 Å². The largest absolute Gasteiger partial charge is 0.340 e. The number of rotatable bonds is 4. The molecule has 3 aromatic rings. The summed E-state index contributed by atoms with van der Waals surface area (Å²) in [4.78, 5) is 18.1. The van der Waals surface area contributed by atoms with E-state index in [2.05, 4.69) is 54.8 Å². The zero-order chi connectivity index (χ0) is 15.9. The van der Waals surface area contributed by atoms with E-state index in [4.69, 9.17) is 9.79 Å². The molecule has 116 valence electrons. The predicted molar refractivity (Wildman–Crippen MR) is 90.4 cm³/mol. The highest BCUT2D eigenvalue weighted by Gasteiger charge is 2.14. The summed E-state index contributed by atoms with van der Waals surface area (Å²) in [5.74, 6) is 0. The highest BCUT2D eigenvalue weighted by Crippen LogP contribution is 2.36. The minimum atomic E-state index is -3.94. The van der Waals surface area contributed by atoms with E-state index in [0.717, 1.165) is 11.0 Å². The Labute approximate surface area is 129 Å². The van der Waals surface area contributed by atoms with Gasteiger partial charge in [-0.1, -0.05) is 24.3 Å². The molecule has 2 N–H and O–H groups in total. The summed E-state index contributed by atoms with van der Waals surface area (Å²) in [6, 6.07) is 12.7. The van der Waals surface area contributed by atoms with Gasteiger partial charge in [-0.15, -0.1) is 0 Å². The van der Waals surface area contributed by atoms with Crippen molar-refractivity contribution in [2.24, 2.45) is 0 Å². The van der Waals surface area contributed by atoms with Crippen LogP contribution in [-0.4, -0.2) is 20.5 Å². The normalized spacial score (nSPS) is 12.4. The van der Waals surface area contributed by atoms with Gasteiger partial charge in [-0.05, 0) is 43.5 Å². The molecule has 5 heteroatoms. The van der Waals surface area contributed by atoms with E-state index in [0.29, 0.717) is 13.0 Å². The van der Waals surface area contributed by atoms with Gasteiger partial charge >= 0.3 is 7.60 Å². The third-order valence-corrected chi connectivity index (χ3v) is 4.91. The molecule has 4 nitrogen and oxygen atoms in total. The Bertz CT molecular complexity index is 832. The summed E-state index contributed by atoms with van der Waals surface area (Å²) in [5.41, 5.74) is 4.63. The smallest absolute Gasteiger partial charge is 0.325 e. The van der Waals surface area contributed by atoms with Crippen LogP contribution in [0.15, 0.2) is 36.4 Å². The molecule has 0 spiro atoms. The Hall–Kier alpha value is -1.61. The maximum Gasteiger partial charge on any atom is 0.325 e. The van der Waals surface area contributed by atoms with Gasteiger partial charge in [0.25, 0.3) is 0 Å². The minimum Gasteiger partial charge on any atom is -0.340 e. The fourth-order valence-electron chi connectivity index (χ4n) is 2.99. The lowest BCUT2D eigenvalue weighted by atomic mass is 10.1. The van der Waals surface area contributed by atoms with Crippen LogP contribution >= 0.6 is 7.60 Å². The lowest BCUT2D eigenvalue weighted by Crippen LogP contribution is -2.01. The molecule has 1 heterocycles. The fourth-order valence-corrected chi connectivity index (χ4v) is 3.54. The summed E-state index contributed by atoms with van der Waals surface area (Å²) in [7, 11) is -3.94. The van der Waals surface area contributed by atoms with Gasteiger partial charge < -0.3 is 14.4 Å². The lowest BCUT2D eigenvalue weighted by molar-refractivity contribution is 0.370. The third kappa shape index (κ3) is 2.95. The summed E-state index contributed by atoms with van der Waals surface area (Å²) in [6.45, 7) is 4.72. The molecule has 0 radical (unpaired) electrons. The van der Waals surface area contributed by atoms with Crippen LogP contribution in [0.25, 0.3) is 21.8 Å². The standard InChI is InChI=1S/C17H20NO3P/c1-12-4-6-14-15-7-5-13(2)11-17(15)18(16(14)10-12)8-3-9-22(19,20)21/h4-7,10-11H,3,8-9H2,1-2H3,(H2,19,20,21). The molecule has 0 atom stereocenters. The predicted octanol–water partition coefficient (Wildman–Crippen LogP) is 3.98. The molecule has 0 saturated carbocycles. The van der Waals surface area contributed by atoms with Gasteiger partial charge in [0.1, 0.15) is 0 Å². The van der Waals surface area contributed by atoms with Crippen molar-refractivity contribution in [1.82, 2.24) is 4.57 Å². The molecule has 0 fully saturated rings. The molecule has 0 aliphatic carbocycles. The van der Waals surface area contributed by atoms with Gasteiger partial charge in [-0.25, -0.2) is 0 Å². The molecule has 0 saturated heterocycles. The van der Waals surface area contributed by atoms with Crippen LogP contribution in [-0.2, 0) is 11.1 Å². The average molecular weight is 317 g/mol. The molecule has 0 amide bonds. The first-order valence-electron chi connectivity index (χ1n) is 7.39. The monoisotopic (exact) mass is 317 g/mol.